The van der Waals surface area contributed by atoms with E-state index in [1.807, 2.05) is 0 Å². The number of nitrogens with zero attached hydrogens (tertiary/aromatic N) is 1. The zero-order valence-corrected chi connectivity index (χ0v) is 17.1. The van der Waals surface area contributed by atoms with Gasteiger partial charge < -0.3 is 5.32 Å². The van der Waals surface area contributed by atoms with Gasteiger partial charge in [-0.3, -0.25) is 14.4 Å². The summed E-state index contributed by atoms with van der Waals surface area (Å²) in [6.07, 6.45) is -4.62. The van der Waals surface area contributed by atoms with Crippen LogP contribution in [0.5, 0.6) is 0 Å². The van der Waals surface area contributed by atoms with Crippen LogP contribution in [0.1, 0.15) is 36.6 Å². The standard InChI is InChI=1S/C22H12BrF3N2O3/c23-13-7-10-15-16(11-13)21(31)28(20(15)30)14-8-5-12(6-9-14)19(29)27-18-4-2-1-3-17(18)22(24,25)26/h1-11H,(H,27,29). The summed E-state index contributed by atoms with van der Waals surface area (Å²) in [5.41, 5.74) is -0.495. The summed E-state index contributed by atoms with van der Waals surface area (Å²) in [6, 6.07) is 14.8. The van der Waals surface area contributed by atoms with Crippen molar-refractivity contribution < 1.29 is 27.6 Å². The minimum absolute atomic E-state index is 0.0695. The fraction of sp³-hybridized carbons (Fsp3) is 0.0455. The normalized spacial score (nSPS) is 13.4. The number of halogens is 4. The van der Waals surface area contributed by atoms with Crippen LogP contribution in [0.4, 0.5) is 24.5 Å². The van der Waals surface area contributed by atoms with Gasteiger partial charge in [0.1, 0.15) is 0 Å². The van der Waals surface area contributed by atoms with E-state index in [0.29, 0.717) is 4.47 Å². The Labute approximate surface area is 182 Å². The highest BCUT2D eigenvalue weighted by atomic mass is 79.9. The average Bonchev–Trinajstić information content (AvgIpc) is 2.97. The van der Waals surface area contributed by atoms with Crippen LogP contribution in [-0.4, -0.2) is 17.7 Å². The molecule has 3 aromatic rings. The third kappa shape index (κ3) is 3.84. The van der Waals surface area contributed by atoms with Crippen LogP contribution in [0, 0.1) is 0 Å². The van der Waals surface area contributed by atoms with Crippen molar-refractivity contribution in [2.75, 3.05) is 10.2 Å². The second-order valence-electron chi connectivity index (χ2n) is 6.68. The molecule has 0 atom stereocenters. The molecule has 0 saturated heterocycles. The zero-order valence-electron chi connectivity index (χ0n) is 15.5. The SMILES string of the molecule is O=C(Nc1ccccc1C(F)(F)F)c1ccc(N2C(=O)c3ccc(Br)cc3C2=O)cc1. The van der Waals surface area contributed by atoms with E-state index in [4.69, 9.17) is 0 Å². The average molecular weight is 489 g/mol. The van der Waals surface area contributed by atoms with Gasteiger partial charge in [-0.2, -0.15) is 13.2 Å². The second kappa shape index (κ2) is 7.66. The van der Waals surface area contributed by atoms with Crippen molar-refractivity contribution in [3.8, 4) is 0 Å². The summed E-state index contributed by atoms with van der Waals surface area (Å²) in [7, 11) is 0. The number of benzene rings is 3. The van der Waals surface area contributed by atoms with Crippen LogP contribution in [0.25, 0.3) is 0 Å². The van der Waals surface area contributed by atoms with Gasteiger partial charge >= 0.3 is 6.18 Å². The number of para-hydroxylation sites is 1. The van der Waals surface area contributed by atoms with Crippen LogP contribution >= 0.6 is 15.9 Å². The fourth-order valence-electron chi connectivity index (χ4n) is 3.24. The molecule has 0 bridgehead atoms. The first-order chi connectivity index (χ1) is 14.7. The molecule has 5 nitrogen and oxygen atoms in total. The summed E-state index contributed by atoms with van der Waals surface area (Å²) >= 11 is 3.26. The Bertz CT molecular complexity index is 1220. The van der Waals surface area contributed by atoms with Crippen molar-refractivity contribution in [1.29, 1.82) is 0 Å². The first-order valence-corrected chi connectivity index (χ1v) is 9.72. The molecule has 9 heteroatoms. The summed E-state index contributed by atoms with van der Waals surface area (Å²) in [4.78, 5) is 38.7. The topological polar surface area (TPSA) is 66.5 Å². The molecule has 1 N–H and O–H groups in total. The van der Waals surface area contributed by atoms with Crippen LogP contribution in [0.15, 0.2) is 71.2 Å². The predicted octanol–water partition coefficient (Wildman–Crippen LogP) is 5.52. The van der Waals surface area contributed by atoms with Gasteiger partial charge in [0.15, 0.2) is 0 Å². The smallest absolute Gasteiger partial charge is 0.321 e. The Morgan fingerprint density at radius 2 is 1.52 bits per heavy atom. The quantitative estimate of drug-likeness (QED) is 0.493. The highest BCUT2D eigenvalue weighted by Gasteiger charge is 2.37. The van der Waals surface area contributed by atoms with Gasteiger partial charge in [0, 0.05) is 10.0 Å². The van der Waals surface area contributed by atoms with Gasteiger partial charge in [0.05, 0.1) is 28.1 Å². The first kappa shape index (κ1) is 20.8. The Kier molecular flexibility index (Phi) is 5.14. The molecule has 0 aliphatic carbocycles. The summed E-state index contributed by atoms with van der Waals surface area (Å²) < 4.78 is 40.0. The number of fused-ring (bicyclic) bond motifs is 1. The molecule has 3 aromatic carbocycles. The number of hydrogen-bond acceptors (Lipinski definition) is 3. The molecule has 1 aliphatic heterocycles. The van der Waals surface area contributed by atoms with Gasteiger partial charge in [-0.15, -0.1) is 0 Å². The lowest BCUT2D eigenvalue weighted by atomic mass is 10.1. The molecular formula is C22H12BrF3N2O3. The summed E-state index contributed by atoms with van der Waals surface area (Å²) in [5, 5.41) is 2.25. The number of carbonyl (C=O) groups excluding carboxylic acids is 3. The fourth-order valence-corrected chi connectivity index (χ4v) is 3.60. The molecule has 31 heavy (non-hydrogen) atoms. The zero-order chi connectivity index (χ0) is 22.3. The van der Waals surface area contributed by atoms with E-state index < -0.39 is 29.5 Å². The highest BCUT2D eigenvalue weighted by molar-refractivity contribution is 9.10. The van der Waals surface area contributed by atoms with Crippen molar-refractivity contribution in [1.82, 2.24) is 0 Å². The number of anilines is 2. The van der Waals surface area contributed by atoms with E-state index in [1.54, 1.807) is 18.2 Å². The third-order valence-corrected chi connectivity index (χ3v) is 5.21. The molecule has 0 fully saturated rings. The number of amides is 3. The van der Waals surface area contributed by atoms with Crippen molar-refractivity contribution >= 4 is 45.0 Å². The maximum atomic E-state index is 13.1. The Hall–Kier alpha value is -3.46. The summed E-state index contributed by atoms with van der Waals surface area (Å²) in [6.45, 7) is 0. The van der Waals surface area contributed by atoms with Crippen molar-refractivity contribution in [2.24, 2.45) is 0 Å². The highest BCUT2D eigenvalue weighted by Crippen LogP contribution is 2.35. The third-order valence-electron chi connectivity index (χ3n) is 4.72. The van der Waals surface area contributed by atoms with Gasteiger partial charge in [-0.05, 0) is 54.6 Å². The molecule has 1 heterocycles. The molecule has 0 spiro atoms. The van der Waals surface area contributed by atoms with Crippen molar-refractivity contribution in [3.63, 3.8) is 0 Å². The van der Waals surface area contributed by atoms with Gasteiger partial charge in [-0.25, -0.2) is 4.90 Å². The van der Waals surface area contributed by atoms with E-state index in [9.17, 15) is 27.6 Å². The minimum atomic E-state index is -4.62. The second-order valence-corrected chi connectivity index (χ2v) is 7.60. The van der Waals surface area contributed by atoms with Crippen LogP contribution in [0.3, 0.4) is 0 Å². The molecule has 0 unspecified atom stereocenters. The molecular weight excluding hydrogens is 477 g/mol. The first-order valence-electron chi connectivity index (χ1n) is 8.93. The number of alkyl halides is 3. The number of hydrogen-bond donors (Lipinski definition) is 1. The Morgan fingerprint density at radius 1 is 0.871 bits per heavy atom. The summed E-state index contributed by atoms with van der Waals surface area (Å²) in [5.74, 6) is -1.75. The lowest BCUT2D eigenvalue weighted by Crippen LogP contribution is -2.29. The van der Waals surface area contributed by atoms with E-state index >= 15 is 0 Å². The van der Waals surface area contributed by atoms with E-state index in [2.05, 4.69) is 21.2 Å². The lowest BCUT2D eigenvalue weighted by molar-refractivity contribution is -0.136. The van der Waals surface area contributed by atoms with Gasteiger partial charge in [-0.1, -0.05) is 28.1 Å². The van der Waals surface area contributed by atoms with Crippen LogP contribution < -0.4 is 10.2 Å². The van der Waals surface area contributed by atoms with E-state index in [-0.39, 0.29) is 28.1 Å². The Balaban J connectivity index is 1.57. The van der Waals surface area contributed by atoms with Crippen LogP contribution in [0.2, 0.25) is 0 Å². The number of nitrogens with one attached hydrogen (secondary N) is 1. The predicted molar refractivity (Wildman–Crippen MR) is 111 cm³/mol. The van der Waals surface area contributed by atoms with E-state index in [0.717, 1.165) is 17.0 Å². The van der Waals surface area contributed by atoms with Crippen LogP contribution in [-0.2, 0) is 6.18 Å². The van der Waals surface area contributed by atoms with Gasteiger partial charge in [0.2, 0.25) is 0 Å². The molecule has 0 aromatic heterocycles. The van der Waals surface area contributed by atoms with Crippen molar-refractivity contribution in [2.45, 2.75) is 6.18 Å². The van der Waals surface area contributed by atoms with Gasteiger partial charge in [0.25, 0.3) is 17.7 Å². The number of rotatable bonds is 3. The number of imide groups is 1. The Morgan fingerprint density at radius 3 is 2.19 bits per heavy atom. The minimum Gasteiger partial charge on any atom is -0.321 e. The molecule has 156 valence electrons. The molecule has 0 saturated carbocycles. The maximum Gasteiger partial charge on any atom is 0.418 e. The molecule has 3 amide bonds. The lowest BCUT2D eigenvalue weighted by Gasteiger charge is -2.15. The molecule has 1 aliphatic rings. The van der Waals surface area contributed by atoms with Crippen molar-refractivity contribution in [3.05, 3.63) is 93.5 Å². The van der Waals surface area contributed by atoms with E-state index in [1.165, 1.54) is 36.4 Å². The molecule has 4 rings (SSSR count). The molecule has 0 radical (unpaired) electrons. The maximum absolute atomic E-state index is 13.1. The largest absolute Gasteiger partial charge is 0.418 e. The monoisotopic (exact) mass is 488 g/mol. The number of carbonyl (C=O) groups is 3.